The van der Waals surface area contributed by atoms with Crippen molar-refractivity contribution in [3.05, 3.63) is 84.4 Å². The highest BCUT2D eigenvalue weighted by Gasteiger charge is 2.14. The van der Waals surface area contributed by atoms with Gasteiger partial charge in [0.15, 0.2) is 11.5 Å². The molecule has 4 aromatic carbocycles. The van der Waals surface area contributed by atoms with Crippen LogP contribution < -0.4 is 0 Å². The van der Waals surface area contributed by atoms with E-state index in [1.165, 1.54) is 21.7 Å². The Kier molecular flexibility index (Phi) is 2.84. The van der Waals surface area contributed by atoms with Crippen molar-refractivity contribution in [2.75, 3.05) is 0 Å². The summed E-state index contributed by atoms with van der Waals surface area (Å²) in [5, 5.41) is 6.89. The summed E-state index contributed by atoms with van der Waals surface area (Å²) in [5.74, 6) is 1.52. The van der Waals surface area contributed by atoms with Gasteiger partial charge in [0, 0.05) is 16.2 Å². The standard InChI is InChI=1S/C25H16O2/c1-15-6-9-21-18(10-15)7-8-19-13-24(27-25(19)21)23-14-20-11-16-4-2-3-5-17(16)12-22(20)26-23/h2-14H,1H3. The fourth-order valence-electron chi connectivity index (χ4n) is 3.92. The van der Waals surface area contributed by atoms with E-state index in [9.17, 15) is 0 Å². The van der Waals surface area contributed by atoms with Gasteiger partial charge in [-0.2, -0.15) is 0 Å². The molecule has 2 heteroatoms. The Bertz CT molecular complexity index is 1430. The molecule has 2 heterocycles. The second-order valence-electron chi connectivity index (χ2n) is 7.17. The van der Waals surface area contributed by atoms with Crippen LogP contribution in [0.4, 0.5) is 0 Å². The van der Waals surface area contributed by atoms with E-state index < -0.39 is 0 Å². The summed E-state index contributed by atoms with van der Waals surface area (Å²) in [7, 11) is 0. The Morgan fingerprint density at radius 1 is 0.556 bits per heavy atom. The summed E-state index contributed by atoms with van der Waals surface area (Å²) in [5.41, 5.74) is 3.04. The molecule has 6 aromatic rings. The molecule has 0 aliphatic heterocycles. The molecule has 0 aliphatic carbocycles. The average Bonchev–Trinajstić information content (AvgIpc) is 3.29. The third kappa shape index (κ3) is 2.20. The number of hydrogen-bond donors (Lipinski definition) is 0. The van der Waals surface area contributed by atoms with E-state index in [-0.39, 0.29) is 0 Å². The first-order valence-electron chi connectivity index (χ1n) is 9.10. The maximum Gasteiger partial charge on any atom is 0.170 e. The van der Waals surface area contributed by atoms with Crippen LogP contribution in [0.1, 0.15) is 5.56 Å². The molecule has 0 bridgehead atoms. The van der Waals surface area contributed by atoms with Gasteiger partial charge in [0.05, 0.1) is 0 Å². The number of aryl methyl sites for hydroxylation is 1. The SMILES string of the molecule is Cc1ccc2c(ccc3cc(-c4cc5cc6ccccc6cc5o4)oc32)c1. The zero-order valence-corrected chi connectivity index (χ0v) is 14.8. The van der Waals surface area contributed by atoms with Crippen molar-refractivity contribution in [1.82, 2.24) is 0 Å². The molecule has 2 nitrogen and oxygen atoms in total. The molecule has 6 rings (SSSR count). The Labute approximate surface area is 155 Å². The van der Waals surface area contributed by atoms with Crippen LogP contribution in [0.5, 0.6) is 0 Å². The molecule has 0 amide bonds. The van der Waals surface area contributed by atoms with E-state index in [0.717, 1.165) is 38.8 Å². The summed E-state index contributed by atoms with van der Waals surface area (Å²) in [6, 6.07) is 27.4. The Balaban J connectivity index is 1.58. The number of fused-ring (bicyclic) bond motifs is 5. The molecule has 27 heavy (non-hydrogen) atoms. The molecule has 0 saturated heterocycles. The number of hydrogen-bond acceptors (Lipinski definition) is 2. The quantitative estimate of drug-likeness (QED) is 0.308. The Morgan fingerprint density at radius 2 is 1.30 bits per heavy atom. The van der Waals surface area contributed by atoms with Crippen molar-refractivity contribution in [2.24, 2.45) is 0 Å². The molecule has 0 spiro atoms. The first-order valence-corrected chi connectivity index (χ1v) is 9.10. The van der Waals surface area contributed by atoms with Crippen LogP contribution in [0.15, 0.2) is 87.7 Å². The fraction of sp³-hybridized carbons (Fsp3) is 0.0400. The second kappa shape index (κ2) is 5.24. The van der Waals surface area contributed by atoms with E-state index in [1.54, 1.807) is 0 Å². The summed E-state index contributed by atoms with van der Waals surface area (Å²) >= 11 is 0. The smallest absolute Gasteiger partial charge is 0.170 e. The van der Waals surface area contributed by atoms with Gasteiger partial charge in [-0.25, -0.2) is 0 Å². The van der Waals surface area contributed by atoms with Crippen molar-refractivity contribution >= 4 is 43.5 Å². The number of benzene rings is 4. The van der Waals surface area contributed by atoms with Crippen LogP contribution in [0.25, 0.3) is 55.0 Å². The van der Waals surface area contributed by atoms with Crippen molar-refractivity contribution in [3.8, 4) is 11.5 Å². The summed E-state index contributed by atoms with van der Waals surface area (Å²) in [4.78, 5) is 0. The lowest BCUT2D eigenvalue weighted by Gasteiger charge is -1.99. The van der Waals surface area contributed by atoms with Gasteiger partial charge in [-0.1, -0.05) is 60.2 Å². The van der Waals surface area contributed by atoms with Crippen LogP contribution in [-0.4, -0.2) is 0 Å². The minimum Gasteiger partial charge on any atom is -0.453 e. The van der Waals surface area contributed by atoms with Gasteiger partial charge in [-0.15, -0.1) is 0 Å². The predicted molar refractivity (Wildman–Crippen MR) is 111 cm³/mol. The molecule has 0 radical (unpaired) electrons. The van der Waals surface area contributed by atoms with E-state index in [0.29, 0.717) is 0 Å². The summed E-state index contributed by atoms with van der Waals surface area (Å²) in [6.07, 6.45) is 0. The van der Waals surface area contributed by atoms with Gasteiger partial charge < -0.3 is 8.83 Å². The minimum atomic E-state index is 0.761. The topological polar surface area (TPSA) is 26.3 Å². The lowest BCUT2D eigenvalue weighted by molar-refractivity contribution is 0.571. The largest absolute Gasteiger partial charge is 0.453 e. The van der Waals surface area contributed by atoms with Gasteiger partial charge in [-0.05, 0) is 47.3 Å². The van der Waals surface area contributed by atoms with Crippen LogP contribution >= 0.6 is 0 Å². The van der Waals surface area contributed by atoms with Crippen molar-refractivity contribution < 1.29 is 8.83 Å². The summed E-state index contributed by atoms with van der Waals surface area (Å²) in [6.45, 7) is 2.11. The third-order valence-corrected chi connectivity index (χ3v) is 5.28. The van der Waals surface area contributed by atoms with Crippen LogP contribution in [0.3, 0.4) is 0 Å². The van der Waals surface area contributed by atoms with Gasteiger partial charge in [0.25, 0.3) is 0 Å². The van der Waals surface area contributed by atoms with E-state index in [1.807, 2.05) is 6.07 Å². The highest BCUT2D eigenvalue weighted by atomic mass is 16.4. The third-order valence-electron chi connectivity index (χ3n) is 5.28. The molecule has 0 fully saturated rings. The van der Waals surface area contributed by atoms with Crippen LogP contribution in [-0.2, 0) is 0 Å². The molecular weight excluding hydrogens is 332 g/mol. The van der Waals surface area contributed by atoms with E-state index in [4.69, 9.17) is 8.83 Å². The molecule has 128 valence electrons. The molecule has 0 atom stereocenters. The lowest BCUT2D eigenvalue weighted by Crippen LogP contribution is -1.75. The molecule has 0 unspecified atom stereocenters. The normalized spacial score (nSPS) is 11.9. The van der Waals surface area contributed by atoms with Gasteiger partial charge in [0.2, 0.25) is 0 Å². The molecule has 0 aliphatic rings. The fourth-order valence-corrected chi connectivity index (χ4v) is 3.92. The van der Waals surface area contributed by atoms with Gasteiger partial charge in [0.1, 0.15) is 11.2 Å². The second-order valence-corrected chi connectivity index (χ2v) is 7.17. The highest BCUT2D eigenvalue weighted by Crippen LogP contribution is 2.36. The Morgan fingerprint density at radius 3 is 2.19 bits per heavy atom. The molecular formula is C25H16O2. The van der Waals surface area contributed by atoms with Crippen molar-refractivity contribution in [1.29, 1.82) is 0 Å². The number of furan rings is 2. The lowest BCUT2D eigenvalue weighted by atomic mass is 10.1. The minimum absolute atomic E-state index is 0.761. The first kappa shape index (κ1) is 14.6. The average molecular weight is 348 g/mol. The first-order chi connectivity index (χ1) is 13.2. The molecule has 0 N–H and O–H groups in total. The molecule has 0 saturated carbocycles. The number of rotatable bonds is 1. The van der Waals surface area contributed by atoms with Gasteiger partial charge >= 0.3 is 0 Å². The summed E-state index contributed by atoms with van der Waals surface area (Å²) < 4.78 is 12.4. The van der Waals surface area contributed by atoms with Crippen molar-refractivity contribution in [2.45, 2.75) is 6.92 Å². The maximum absolute atomic E-state index is 6.24. The zero-order chi connectivity index (χ0) is 18.0. The van der Waals surface area contributed by atoms with Crippen LogP contribution in [0, 0.1) is 6.92 Å². The van der Waals surface area contributed by atoms with E-state index >= 15 is 0 Å². The van der Waals surface area contributed by atoms with Crippen LogP contribution in [0.2, 0.25) is 0 Å². The van der Waals surface area contributed by atoms with E-state index in [2.05, 4.69) is 79.7 Å². The molecule has 2 aromatic heterocycles. The maximum atomic E-state index is 6.24. The monoisotopic (exact) mass is 348 g/mol. The zero-order valence-electron chi connectivity index (χ0n) is 14.8. The van der Waals surface area contributed by atoms with Gasteiger partial charge in [-0.3, -0.25) is 0 Å². The Hall–Kier alpha value is -3.52. The van der Waals surface area contributed by atoms with Crippen molar-refractivity contribution in [3.63, 3.8) is 0 Å². The predicted octanol–water partition coefficient (Wildman–Crippen LogP) is 7.46. The highest BCUT2D eigenvalue weighted by molar-refractivity contribution is 6.06.